The molecule has 0 aliphatic heterocycles. The van der Waals surface area contributed by atoms with Gasteiger partial charge in [-0.3, -0.25) is 19.3 Å². The Morgan fingerprint density at radius 2 is 1.66 bits per heavy atom. The highest BCUT2D eigenvalue weighted by molar-refractivity contribution is 5.86. The van der Waals surface area contributed by atoms with Crippen molar-refractivity contribution in [1.29, 1.82) is 0 Å². The van der Waals surface area contributed by atoms with Gasteiger partial charge in [-0.25, -0.2) is 9.37 Å². The number of rotatable bonds is 3. The highest BCUT2D eigenvalue weighted by Crippen LogP contribution is 2.26. The first kappa shape index (κ1) is 17.2. The summed E-state index contributed by atoms with van der Waals surface area (Å²) in [5.74, 6) is -0.362. The Hall–Kier alpha value is -3.93. The lowest BCUT2D eigenvalue weighted by Crippen LogP contribution is -2.21. The number of aromatic nitrogens is 4. The Labute approximate surface area is 165 Å². The topological polar surface area (TPSA) is 60.7 Å². The smallest absolute Gasteiger partial charge is 0.261 e. The highest BCUT2D eigenvalue weighted by atomic mass is 19.1. The van der Waals surface area contributed by atoms with Gasteiger partial charge in [0.2, 0.25) is 0 Å². The van der Waals surface area contributed by atoms with Crippen LogP contribution in [0.15, 0.2) is 84.4 Å². The van der Waals surface area contributed by atoms with Gasteiger partial charge in [-0.05, 0) is 40.8 Å². The molecule has 29 heavy (non-hydrogen) atoms. The van der Waals surface area contributed by atoms with Gasteiger partial charge >= 0.3 is 0 Å². The van der Waals surface area contributed by atoms with Crippen LogP contribution in [0.2, 0.25) is 0 Å². The maximum absolute atomic E-state index is 14.8. The monoisotopic (exact) mass is 382 g/mol. The normalized spacial score (nSPS) is 11.2. The van der Waals surface area contributed by atoms with E-state index in [0.29, 0.717) is 16.5 Å². The van der Waals surface area contributed by atoms with Crippen LogP contribution in [0.25, 0.3) is 32.8 Å². The van der Waals surface area contributed by atoms with Crippen molar-refractivity contribution in [2.24, 2.45) is 0 Å². The minimum atomic E-state index is -0.362. The van der Waals surface area contributed by atoms with Crippen molar-refractivity contribution in [1.82, 2.24) is 19.5 Å². The second kappa shape index (κ2) is 6.91. The molecule has 6 heteroatoms. The van der Waals surface area contributed by atoms with Crippen molar-refractivity contribution in [3.63, 3.8) is 0 Å². The number of benzene rings is 2. The molecule has 0 aliphatic rings. The summed E-state index contributed by atoms with van der Waals surface area (Å²) in [6, 6.07) is 14.6. The summed E-state index contributed by atoms with van der Waals surface area (Å²) in [6.45, 7) is 0.111. The van der Waals surface area contributed by atoms with E-state index in [1.807, 2.05) is 30.3 Å². The zero-order chi connectivity index (χ0) is 19.8. The SMILES string of the molecule is O=c1c2ccncc2ncn1Cc1ccc(-c2ccc3cnccc3c2)cc1F. The molecule has 0 fully saturated rings. The molecule has 5 nitrogen and oxygen atoms in total. The standard InChI is InChI=1S/C23H15FN4O/c24-21-10-16(15-1-3-18-11-25-7-5-17(18)9-15)2-4-19(21)13-28-14-27-22-12-26-8-6-20(22)23(28)29/h1-12,14H,13H2. The Kier molecular flexibility index (Phi) is 4.09. The van der Waals surface area contributed by atoms with Gasteiger partial charge in [-0.15, -0.1) is 0 Å². The summed E-state index contributed by atoms with van der Waals surface area (Å²) in [5, 5.41) is 2.54. The Balaban J connectivity index is 1.50. The van der Waals surface area contributed by atoms with Gasteiger partial charge in [-0.2, -0.15) is 0 Å². The second-order valence-electron chi connectivity index (χ2n) is 6.81. The number of nitrogens with zero attached hydrogens (tertiary/aromatic N) is 4. The number of fused-ring (bicyclic) bond motifs is 2. The van der Waals surface area contributed by atoms with Gasteiger partial charge in [0.05, 0.1) is 30.0 Å². The molecule has 3 aromatic heterocycles. The zero-order valence-corrected chi connectivity index (χ0v) is 15.3. The predicted molar refractivity (Wildman–Crippen MR) is 110 cm³/mol. The van der Waals surface area contributed by atoms with E-state index in [4.69, 9.17) is 0 Å². The van der Waals surface area contributed by atoms with Gasteiger partial charge in [0.1, 0.15) is 5.82 Å². The van der Waals surface area contributed by atoms with Crippen LogP contribution in [0.4, 0.5) is 4.39 Å². The number of hydrogen-bond acceptors (Lipinski definition) is 4. The first-order valence-corrected chi connectivity index (χ1v) is 9.11. The molecule has 0 radical (unpaired) electrons. The van der Waals surface area contributed by atoms with Crippen LogP contribution < -0.4 is 5.56 Å². The maximum atomic E-state index is 14.8. The van der Waals surface area contributed by atoms with Crippen molar-refractivity contribution in [3.8, 4) is 11.1 Å². The predicted octanol–water partition coefficient (Wildman–Crippen LogP) is 4.19. The third-order valence-electron chi connectivity index (χ3n) is 5.00. The Bertz CT molecular complexity index is 1430. The fraction of sp³-hybridized carbons (Fsp3) is 0.0435. The molecule has 0 amide bonds. The van der Waals surface area contributed by atoms with Gasteiger partial charge in [0, 0.05) is 29.5 Å². The molecule has 0 atom stereocenters. The van der Waals surface area contributed by atoms with Crippen LogP contribution in [0.5, 0.6) is 0 Å². The quantitative estimate of drug-likeness (QED) is 0.469. The van der Waals surface area contributed by atoms with E-state index < -0.39 is 0 Å². The summed E-state index contributed by atoms with van der Waals surface area (Å²) in [6.07, 6.45) is 8.05. The molecular weight excluding hydrogens is 367 g/mol. The van der Waals surface area contributed by atoms with Gasteiger partial charge in [-0.1, -0.05) is 24.3 Å². The van der Waals surface area contributed by atoms with E-state index in [0.717, 1.165) is 21.9 Å². The van der Waals surface area contributed by atoms with Crippen molar-refractivity contribution in [3.05, 3.63) is 101 Å². The lowest BCUT2D eigenvalue weighted by Gasteiger charge is -2.10. The van der Waals surface area contributed by atoms with Gasteiger partial charge in [0.15, 0.2) is 0 Å². The summed E-state index contributed by atoms with van der Waals surface area (Å²) in [4.78, 5) is 24.9. The van der Waals surface area contributed by atoms with E-state index in [1.54, 1.807) is 30.7 Å². The van der Waals surface area contributed by atoms with E-state index in [1.165, 1.54) is 23.2 Å². The molecule has 140 valence electrons. The van der Waals surface area contributed by atoms with Crippen molar-refractivity contribution < 1.29 is 4.39 Å². The van der Waals surface area contributed by atoms with Crippen molar-refractivity contribution in [2.45, 2.75) is 6.54 Å². The van der Waals surface area contributed by atoms with Crippen molar-refractivity contribution >= 4 is 21.7 Å². The minimum absolute atomic E-state index is 0.111. The largest absolute Gasteiger partial charge is 0.294 e. The molecule has 5 aromatic rings. The van der Waals surface area contributed by atoms with Crippen LogP contribution in [0.1, 0.15) is 5.56 Å². The van der Waals surface area contributed by atoms with E-state index in [-0.39, 0.29) is 17.9 Å². The number of halogens is 1. The highest BCUT2D eigenvalue weighted by Gasteiger charge is 2.09. The van der Waals surface area contributed by atoms with Crippen LogP contribution in [-0.4, -0.2) is 19.5 Å². The summed E-state index contributed by atoms with van der Waals surface area (Å²) in [5.41, 5.74) is 2.43. The molecular formula is C23H15FN4O. The maximum Gasteiger partial charge on any atom is 0.261 e. The number of hydrogen-bond donors (Lipinski definition) is 0. The third-order valence-corrected chi connectivity index (χ3v) is 5.00. The lowest BCUT2D eigenvalue weighted by atomic mass is 10.0. The fourth-order valence-electron chi connectivity index (χ4n) is 3.42. The summed E-state index contributed by atoms with van der Waals surface area (Å²) < 4.78 is 16.2. The minimum Gasteiger partial charge on any atom is -0.294 e. The van der Waals surface area contributed by atoms with E-state index in [2.05, 4.69) is 15.0 Å². The summed E-state index contributed by atoms with van der Waals surface area (Å²) >= 11 is 0. The van der Waals surface area contributed by atoms with Gasteiger partial charge in [0.25, 0.3) is 5.56 Å². The van der Waals surface area contributed by atoms with Crippen molar-refractivity contribution in [2.75, 3.05) is 0 Å². The van der Waals surface area contributed by atoms with Crippen LogP contribution in [0.3, 0.4) is 0 Å². The molecule has 0 aliphatic carbocycles. The van der Waals surface area contributed by atoms with Crippen LogP contribution in [0, 0.1) is 5.82 Å². The first-order chi connectivity index (χ1) is 14.2. The third kappa shape index (κ3) is 3.14. The van der Waals surface area contributed by atoms with Crippen LogP contribution in [-0.2, 0) is 6.54 Å². The average Bonchev–Trinajstić information content (AvgIpc) is 2.76. The Morgan fingerprint density at radius 1 is 0.862 bits per heavy atom. The zero-order valence-electron chi connectivity index (χ0n) is 15.3. The fourth-order valence-corrected chi connectivity index (χ4v) is 3.42. The molecule has 0 saturated carbocycles. The molecule has 0 N–H and O–H groups in total. The first-order valence-electron chi connectivity index (χ1n) is 9.11. The molecule has 0 spiro atoms. The number of pyridine rings is 2. The molecule has 3 heterocycles. The average molecular weight is 382 g/mol. The second-order valence-corrected chi connectivity index (χ2v) is 6.81. The lowest BCUT2D eigenvalue weighted by molar-refractivity contribution is 0.596. The van der Waals surface area contributed by atoms with E-state index >= 15 is 0 Å². The molecule has 0 saturated heterocycles. The molecule has 5 rings (SSSR count). The van der Waals surface area contributed by atoms with Gasteiger partial charge < -0.3 is 0 Å². The summed E-state index contributed by atoms with van der Waals surface area (Å²) in [7, 11) is 0. The molecule has 0 bridgehead atoms. The van der Waals surface area contributed by atoms with E-state index in [9.17, 15) is 9.18 Å². The Morgan fingerprint density at radius 3 is 2.55 bits per heavy atom. The molecule has 0 unspecified atom stereocenters. The van der Waals surface area contributed by atoms with Crippen LogP contribution >= 0.6 is 0 Å². The molecule has 2 aromatic carbocycles.